The second-order valence-electron chi connectivity index (χ2n) is 3.46. The molecular formula is C12H14O2. The molecule has 1 N–H and O–H groups in total. The molecule has 74 valence electrons. The van der Waals surface area contributed by atoms with E-state index in [0.717, 1.165) is 24.0 Å². The Hall–Kier alpha value is -1.57. The molecule has 0 saturated carbocycles. The molecule has 0 spiro atoms. The number of hydrogen-bond acceptors (Lipinski definition) is 1. The van der Waals surface area contributed by atoms with Crippen molar-refractivity contribution in [3.8, 4) is 0 Å². The van der Waals surface area contributed by atoms with Gasteiger partial charge in [-0.1, -0.05) is 17.7 Å². The van der Waals surface area contributed by atoms with Crippen LogP contribution in [0, 0.1) is 0 Å². The molecule has 0 atom stereocenters. The van der Waals surface area contributed by atoms with Crippen LogP contribution in [0.5, 0.6) is 0 Å². The summed E-state index contributed by atoms with van der Waals surface area (Å²) in [5, 5.41) is 8.77. The van der Waals surface area contributed by atoms with E-state index >= 15 is 0 Å². The molecule has 2 heteroatoms. The van der Waals surface area contributed by atoms with Gasteiger partial charge in [0.2, 0.25) is 0 Å². The summed E-state index contributed by atoms with van der Waals surface area (Å²) in [7, 11) is 0. The second-order valence-corrected chi connectivity index (χ2v) is 3.46. The number of allylic oxidation sites excluding steroid dienone is 1. The quantitative estimate of drug-likeness (QED) is 0.741. The molecule has 0 radical (unpaired) electrons. The van der Waals surface area contributed by atoms with E-state index in [1.165, 1.54) is 0 Å². The van der Waals surface area contributed by atoms with E-state index in [0.29, 0.717) is 5.56 Å². The van der Waals surface area contributed by atoms with Gasteiger partial charge in [-0.25, -0.2) is 4.79 Å². The molecule has 0 aliphatic carbocycles. The molecular weight excluding hydrogens is 176 g/mol. The summed E-state index contributed by atoms with van der Waals surface area (Å²) >= 11 is 0. The summed E-state index contributed by atoms with van der Waals surface area (Å²) in [5.74, 6) is -0.873. The first-order valence-corrected chi connectivity index (χ1v) is 4.56. The minimum absolute atomic E-state index is 0.351. The number of carboxylic acid groups (broad SMARTS) is 1. The number of hydrogen-bond donors (Lipinski definition) is 1. The lowest BCUT2D eigenvalue weighted by Crippen LogP contribution is -1.97. The van der Waals surface area contributed by atoms with Gasteiger partial charge in [0.1, 0.15) is 0 Å². The lowest BCUT2D eigenvalue weighted by atomic mass is 10.0. The lowest BCUT2D eigenvalue weighted by molar-refractivity contribution is 0.0697. The Kier molecular flexibility index (Phi) is 3.46. The van der Waals surface area contributed by atoms with Gasteiger partial charge in [-0.05, 0) is 37.5 Å². The molecule has 1 aromatic rings. The van der Waals surface area contributed by atoms with E-state index in [-0.39, 0.29) is 0 Å². The molecule has 0 saturated heterocycles. The van der Waals surface area contributed by atoms with Crippen LogP contribution in [-0.2, 0) is 6.42 Å². The van der Waals surface area contributed by atoms with Gasteiger partial charge in [-0.3, -0.25) is 0 Å². The van der Waals surface area contributed by atoms with E-state index in [4.69, 9.17) is 5.11 Å². The summed E-state index contributed by atoms with van der Waals surface area (Å²) in [4.78, 5) is 10.7. The zero-order valence-corrected chi connectivity index (χ0v) is 8.29. The highest BCUT2D eigenvalue weighted by Crippen LogP contribution is 2.10. The third-order valence-electron chi connectivity index (χ3n) is 2.01. The average Bonchev–Trinajstić information content (AvgIpc) is 2.15. The van der Waals surface area contributed by atoms with Crippen molar-refractivity contribution < 1.29 is 9.90 Å². The van der Waals surface area contributed by atoms with Crippen molar-refractivity contribution in [2.24, 2.45) is 0 Å². The van der Waals surface area contributed by atoms with Crippen molar-refractivity contribution in [1.82, 2.24) is 0 Å². The first kappa shape index (κ1) is 10.5. The van der Waals surface area contributed by atoms with Crippen molar-refractivity contribution in [3.63, 3.8) is 0 Å². The van der Waals surface area contributed by atoms with Crippen molar-refractivity contribution in [1.29, 1.82) is 0 Å². The van der Waals surface area contributed by atoms with E-state index in [9.17, 15) is 4.79 Å². The van der Waals surface area contributed by atoms with Crippen LogP contribution in [0.15, 0.2) is 36.4 Å². The summed E-state index contributed by atoms with van der Waals surface area (Å²) in [6.45, 7) is 5.78. The maximum Gasteiger partial charge on any atom is 0.335 e. The van der Waals surface area contributed by atoms with Gasteiger partial charge in [-0.2, -0.15) is 0 Å². The van der Waals surface area contributed by atoms with Crippen LogP contribution >= 0.6 is 0 Å². The third kappa shape index (κ3) is 3.05. The van der Waals surface area contributed by atoms with Gasteiger partial charge in [0.25, 0.3) is 0 Å². The Morgan fingerprint density at radius 2 is 2.21 bits per heavy atom. The molecule has 14 heavy (non-hydrogen) atoms. The van der Waals surface area contributed by atoms with Crippen molar-refractivity contribution >= 4 is 5.97 Å². The molecule has 0 bridgehead atoms. The highest BCUT2D eigenvalue weighted by molar-refractivity contribution is 5.87. The number of carboxylic acids is 1. The fourth-order valence-corrected chi connectivity index (χ4v) is 1.22. The maximum absolute atomic E-state index is 10.7. The maximum atomic E-state index is 10.7. The molecule has 0 aliphatic heterocycles. The monoisotopic (exact) mass is 190 g/mol. The Balaban J connectivity index is 2.73. The summed E-state index contributed by atoms with van der Waals surface area (Å²) in [5.41, 5.74) is 2.52. The summed E-state index contributed by atoms with van der Waals surface area (Å²) < 4.78 is 0. The van der Waals surface area contributed by atoms with E-state index < -0.39 is 5.97 Å². The lowest BCUT2D eigenvalue weighted by Gasteiger charge is -2.02. The number of aromatic carboxylic acids is 1. The highest BCUT2D eigenvalue weighted by Gasteiger charge is 2.02. The molecule has 0 aromatic heterocycles. The topological polar surface area (TPSA) is 37.3 Å². The largest absolute Gasteiger partial charge is 0.478 e. The number of aryl methyl sites for hydroxylation is 1. The SMILES string of the molecule is C=C(C)CCc1cccc(C(=O)O)c1. The van der Waals surface area contributed by atoms with Gasteiger partial charge in [0, 0.05) is 0 Å². The minimum atomic E-state index is -0.873. The van der Waals surface area contributed by atoms with Crippen LogP contribution in [-0.4, -0.2) is 11.1 Å². The van der Waals surface area contributed by atoms with Crippen LogP contribution in [0.2, 0.25) is 0 Å². The Morgan fingerprint density at radius 1 is 1.50 bits per heavy atom. The third-order valence-corrected chi connectivity index (χ3v) is 2.01. The number of rotatable bonds is 4. The zero-order valence-electron chi connectivity index (χ0n) is 8.29. The molecule has 0 heterocycles. The van der Waals surface area contributed by atoms with Gasteiger partial charge in [0.15, 0.2) is 0 Å². The summed E-state index contributed by atoms with van der Waals surface area (Å²) in [6, 6.07) is 7.03. The number of carbonyl (C=O) groups is 1. The van der Waals surface area contributed by atoms with Gasteiger partial charge < -0.3 is 5.11 Å². The van der Waals surface area contributed by atoms with Crippen molar-refractivity contribution in [3.05, 3.63) is 47.5 Å². The summed E-state index contributed by atoms with van der Waals surface area (Å²) in [6.07, 6.45) is 1.76. The Labute approximate surface area is 83.9 Å². The van der Waals surface area contributed by atoms with Crippen LogP contribution in [0.4, 0.5) is 0 Å². The van der Waals surface area contributed by atoms with Gasteiger partial charge in [-0.15, -0.1) is 6.58 Å². The van der Waals surface area contributed by atoms with Crippen molar-refractivity contribution in [2.45, 2.75) is 19.8 Å². The first-order valence-electron chi connectivity index (χ1n) is 4.56. The van der Waals surface area contributed by atoms with E-state index in [2.05, 4.69) is 6.58 Å². The Bertz CT molecular complexity index is 353. The fraction of sp³-hybridized carbons (Fsp3) is 0.250. The molecule has 1 aromatic carbocycles. The highest BCUT2D eigenvalue weighted by atomic mass is 16.4. The smallest absolute Gasteiger partial charge is 0.335 e. The fourth-order valence-electron chi connectivity index (χ4n) is 1.22. The van der Waals surface area contributed by atoms with Crippen LogP contribution in [0.25, 0.3) is 0 Å². The molecule has 0 amide bonds. The number of benzene rings is 1. The molecule has 1 rings (SSSR count). The predicted molar refractivity (Wildman–Crippen MR) is 56.5 cm³/mol. The van der Waals surface area contributed by atoms with Gasteiger partial charge in [0.05, 0.1) is 5.56 Å². The molecule has 2 nitrogen and oxygen atoms in total. The normalized spacial score (nSPS) is 9.79. The predicted octanol–water partition coefficient (Wildman–Crippen LogP) is 2.89. The van der Waals surface area contributed by atoms with Crippen molar-refractivity contribution in [2.75, 3.05) is 0 Å². The molecule has 0 fully saturated rings. The van der Waals surface area contributed by atoms with Crippen LogP contribution in [0.3, 0.4) is 0 Å². The molecule has 0 aliphatic rings. The second kappa shape index (κ2) is 4.61. The van der Waals surface area contributed by atoms with Crippen LogP contribution < -0.4 is 0 Å². The first-order chi connectivity index (χ1) is 6.59. The van der Waals surface area contributed by atoms with Crippen LogP contribution in [0.1, 0.15) is 29.3 Å². The van der Waals surface area contributed by atoms with Gasteiger partial charge >= 0.3 is 5.97 Å². The average molecular weight is 190 g/mol. The Morgan fingerprint density at radius 3 is 2.79 bits per heavy atom. The van der Waals surface area contributed by atoms with E-state index in [1.807, 2.05) is 13.0 Å². The molecule has 0 unspecified atom stereocenters. The standard InChI is InChI=1S/C12H14O2/c1-9(2)6-7-10-4-3-5-11(8-10)12(13)14/h3-5,8H,1,6-7H2,2H3,(H,13,14). The van der Waals surface area contributed by atoms with E-state index in [1.54, 1.807) is 18.2 Å². The zero-order chi connectivity index (χ0) is 10.6. The minimum Gasteiger partial charge on any atom is -0.478 e.